The van der Waals surface area contributed by atoms with Crippen LogP contribution in [0.5, 0.6) is 0 Å². The van der Waals surface area contributed by atoms with Crippen LogP contribution in [0.4, 0.5) is 0 Å². The minimum absolute atomic E-state index is 0.0800. The van der Waals surface area contributed by atoms with Crippen molar-refractivity contribution in [2.24, 2.45) is 5.92 Å². The van der Waals surface area contributed by atoms with Gasteiger partial charge in [0.05, 0.1) is 6.61 Å². The van der Waals surface area contributed by atoms with Gasteiger partial charge in [0.2, 0.25) is 5.91 Å². The van der Waals surface area contributed by atoms with E-state index >= 15 is 0 Å². The zero-order valence-electron chi connectivity index (χ0n) is 13.9. The average molecular weight is 324 g/mol. The minimum atomic E-state index is 0.0800. The molecule has 0 saturated carbocycles. The smallest absolute Gasteiger partial charge is 0.222 e. The lowest BCUT2D eigenvalue weighted by molar-refractivity contribution is -0.130. The SMILES string of the molecule is O=C(CCc1ccccn1)N1CCC(Cc2cccc(CO)c2)C1. The fourth-order valence-electron chi connectivity index (χ4n) is 3.35. The van der Waals surface area contributed by atoms with Crippen LogP contribution in [0.1, 0.15) is 29.7 Å². The number of rotatable bonds is 6. The fourth-order valence-corrected chi connectivity index (χ4v) is 3.35. The number of benzene rings is 1. The van der Waals surface area contributed by atoms with Crippen LogP contribution < -0.4 is 0 Å². The van der Waals surface area contributed by atoms with E-state index in [0.717, 1.165) is 37.2 Å². The van der Waals surface area contributed by atoms with Crippen molar-refractivity contribution in [1.82, 2.24) is 9.88 Å². The number of carbonyl (C=O) groups excluding carboxylic acids is 1. The summed E-state index contributed by atoms with van der Waals surface area (Å²) in [5.41, 5.74) is 3.17. The van der Waals surface area contributed by atoms with Gasteiger partial charge in [0, 0.05) is 31.4 Å². The molecule has 0 spiro atoms. The summed E-state index contributed by atoms with van der Waals surface area (Å²) in [7, 11) is 0. The van der Waals surface area contributed by atoms with Gasteiger partial charge in [-0.3, -0.25) is 9.78 Å². The Hall–Kier alpha value is -2.20. The third-order valence-electron chi connectivity index (χ3n) is 4.66. The van der Waals surface area contributed by atoms with Gasteiger partial charge in [0.1, 0.15) is 0 Å². The summed E-state index contributed by atoms with van der Waals surface area (Å²) in [5, 5.41) is 9.23. The Morgan fingerprint density at radius 1 is 1.21 bits per heavy atom. The summed E-state index contributed by atoms with van der Waals surface area (Å²) in [4.78, 5) is 18.6. The first-order valence-electron chi connectivity index (χ1n) is 8.61. The molecule has 4 nitrogen and oxygen atoms in total. The van der Waals surface area contributed by atoms with E-state index in [4.69, 9.17) is 0 Å². The molecule has 126 valence electrons. The van der Waals surface area contributed by atoms with Gasteiger partial charge in [-0.15, -0.1) is 0 Å². The normalized spacial score (nSPS) is 17.2. The maximum atomic E-state index is 12.4. The van der Waals surface area contributed by atoms with Gasteiger partial charge in [0.25, 0.3) is 0 Å². The summed E-state index contributed by atoms with van der Waals surface area (Å²) in [6, 6.07) is 13.9. The van der Waals surface area contributed by atoms with Crippen molar-refractivity contribution in [3.63, 3.8) is 0 Å². The molecule has 3 rings (SSSR count). The maximum Gasteiger partial charge on any atom is 0.222 e. The Labute approximate surface area is 143 Å². The number of aliphatic hydroxyl groups excluding tert-OH is 1. The second kappa shape index (κ2) is 8.06. The topological polar surface area (TPSA) is 53.4 Å². The number of aromatic nitrogens is 1. The summed E-state index contributed by atoms with van der Waals surface area (Å²) >= 11 is 0. The Bertz CT molecular complexity index is 672. The van der Waals surface area contributed by atoms with Crippen molar-refractivity contribution in [2.75, 3.05) is 13.1 Å². The van der Waals surface area contributed by atoms with Crippen molar-refractivity contribution in [1.29, 1.82) is 0 Å². The number of likely N-dealkylation sites (tertiary alicyclic amines) is 1. The van der Waals surface area contributed by atoms with E-state index in [1.54, 1.807) is 6.20 Å². The highest BCUT2D eigenvalue weighted by Crippen LogP contribution is 2.22. The Morgan fingerprint density at radius 2 is 2.08 bits per heavy atom. The highest BCUT2D eigenvalue weighted by atomic mass is 16.3. The lowest BCUT2D eigenvalue weighted by Gasteiger charge is -2.16. The van der Waals surface area contributed by atoms with Crippen LogP contribution in [0.15, 0.2) is 48.7 Å². The van der Waals surface area contributed by atoms with E-state index in [0.29, 0.717) is 18.8 Å². The quantitative estimate of drug-likeness (QED) is 0.888. The van der Waals surface area contributed by atoms with Crippen LogP contribution in [0, 0.1) is 5.92 Å². The zero-order valence-corrected chi connectivity index (χ0v) is 13.9. The number of hydrogen-bond acceptors (Lipinski definition) is 3. The molecule has 24 heavy (non-hydrogen) atoms. The first-order valence-corrected chi connectivity index (χ1v) is 8.61. The Morgan fingerprint density at radius 3 is 2.88 bits per heavy atom. The molecule has 2 heterocycles. The van der Waals surface area contributed by atoms with E-state index < -0.39 is 0 Å². The number of pyridine rings is 1. The van der Waals surface area contributed by atoms with Crippen molar-refractivity contribution >= 4 is 5.91 Å². The molecule has 1 N–H and O–H groups in total. The summed E-state index contributed by atoms with van der Waals surface area (Å²) in [6.45, 7) is 1.77. The van der Waals surface area contributed by atoms with Crippen molar-refractivity contribution in [2.45, 2.75) is 32.3 Å². The third-order valence-corrected chi connectivity index (χ3v) is 4.66. The number of aliphatic hydroxyl groups is 1. The first-order chi connectivity index (χ1) is 11.7. The summed E-state index contributed by atoms with van der Waals surface area (Å²) in [5.74, 6) is 0.741. The van der Waals surface area contributed by atoms with E-state index in [9.17, 15) is 9.90 Å². The van der Waals surface area contributed by atoms with Gasteiger partial charge in [-0.25, -0.2) is 0 Å². The molecular weight excluding hydrogens is 300 g/mol. The number of amides is 1. The number of aryl methyl sites for hydroxylation is 1. The molecule has 0 radical (unpaired) electrons. The highest BCUT2D eigenvalue weighted by Gasteiger charge is 2.26. The van der Waals surface area contributed by atoms with Crippen LogP contribution in [0.25, 0.3) is 0 Å². The van der Waals surface area contributed by atoms with Crippen LogP contribution >= 0.6 is 0 Å². The molecule has 4 heteroatoms. The van der Waals surface area contributed by atoms with E-state index in [1.165, 1.54) is 5.56 Å². The molecule has 1 aromatic heterocycles. The van der Waals surface area contributed by atoms with Crippen LogP contribution in [-0.4, -0.2) is 34.0 Å². The van der Waals surface area contributed by atoms with E-state index in [1.807, 2.05) is 35.2 Å². The maximum absolute atomic E-state index is 12.4. The Kier molecular flexibility index (Phi) is 5.59. The molecule has 0 bridgehead atoms. The molecule has 0 aliphatic carbocycles. The summed E-state index contributed by atoms with van der Waals surface area (Å²) in [6.07, 6.45) is 5.03. The summed E-state index contributed by atoms with van der Waals surface area (Å²) < 4.78 is 0. The van der Waals surface area contributed by atoms with Gasteiger partial charge in [0.15, 0.2) is 0 Å². The van der Waals surface area contributed by atoms with Crippen molar-refractivity contribution in [3.8, 4) is 0 Å². The lowest BCUT2D eigenvalue weighted by atomic mass is 9.97. The monoisotopic (exact) mass is 324 g/mol. The number of carbonyl (C=O) groups is 1. The number of nitrogens with zero attached hydrogens (tertiary/aromatic N) is 2. The first kappa shape index (κ1) is 16.7. The fraction of sp³-hybridized carbons (Fsp3) is 0.400. The molecule has 1 fully saturated rings. The molecule has 1 unspecified atom stereocenters. The predicted molar refractivity (Wildman–Crippen MR) is 93.3 cm³/mol. The zero-order chi connectivity index (χ0) is 16.8. The highest BCUT2D eigenvalue weighted by molar-refractivity contribution is 5.76. The third kappa shape index (κ3) is 4.42. The Balaban J connectivity index is 1.48. The van der Waals surface area contributed by atoms with Crippen molar-refractivity contribution < 1.29 is 9.90 Å². The molecule has 1 amide bonds. The van der Waals surface area contributed by atoms with Crippen molar-refractivity contribution in [3.05, 3.63) is 65.5 Å². The predicted octanol–water partition coefficient (Wildman–Crippen LogP) is 2.60. The molecule has 1 atom stereocenters. The largest absolute Gasteiger partial charge is 0.392 e. The van der Waals surface area contributed by atoms with Crippen LogP contribution in [0.2, 0.25) is 0 Å². The van der Waals surface area contributed by atoms with E-state index in [-0.39, 0.29) is 12.5 Å². The average Bonchev–Trinajstić information content (AvgIpc) is 3.09. The molecule has 1 saturated heterocycles. The molecule has 1 aromatic carbocycles. The lowest BCUT2D eigenvalue weighted by Crippen LogP contribution is -2.29. The second-order valence-corrected chi connectivity index (χ2v) is 6.50. The molecular formula is C20H24N2O2. The minimum Gasteiger partial charge on any atom is -0.392 e. The molecule has 1 aliphatic heterocycles. The number of hydrogen-bond donors (Lipinski definition) is 1. The van der Waals surface area contributed by atoms with E-state index in [2.05, 4.69) is 17.1 Å². The van der Waals surface area contributed by atoms with Crippen LogP contribution in [0.3, 0.4) is 0 Å². The van der Waals surface area contributed by atoms with Gasteiger partial charge in [-0.05, 0) is 48.4 Å². The molecule has 1 aliphatic rings. The molecule has 2 aromatic rings. The second-order valence-electron chi connectivity index (χ2n) is 6.50. The van der Waals surface area contributed by atoms with Gasteiger partial charge in [-0.2, -0.15) is 0 Å². The standard InChI is InChI=1S/C20H24N2O2/c23-15-18-5-3-4-16(13-18)12-17-9-11-22(14-17)20(24)8-7-19-6-1-2-10-21-19/h1-6,10,13,17,23H,7-9,11-12,14-15H2. The van der Waals surface area contributed by atoms with Gasteiger partial charge >= 0.3 is 0 Å². The van der Waals surface area contributed by atoms with Gasteiger partial charge in [-0.1, -0.05) is 30.3 Å². The van der Waals surface area contributed by atoms with Crippen LogP contribution in [-0.2, 0) is 24.2 Å². The van der Waals surface area contributed by atoms with Gasteiger partial charge < -0.3 is 10.0 Å².